The molecule has 5 rings (SSSR count). The fourth-order valence-corrected chi connectivity index (χ4v) is 4.24. The monoisotopic (exact) mass is 389 g/mol. The van der Waals surface area contributed by atoms with Crippen molar-refractivity contribution in [3.63, 3.8) is 0 Å². The van der Waals surface area contributed by atoms with Crippen LogP contribution in [0.3, 0.4) is 0 Å². The number of carbonyl (C=O) groups excluding carboxylic acids is 1. The number of amides is 1. The Morgan fingerprint density at radius 1 is 1.11 bits per heavy atom. The van der Waals surface area contributed by atoms with Gasteiger partial charge in [0.05, 0.1) is 11.3 Å². The maximum absolute atomic E-state index is 12.8. The molecular weight excluding hydrogens is 370 g/mol. The fourth-order valence-electron chi connectivity index (χ4n) is 3.54. The van der Waals surface area contributed by atoms with Gasteiger partial charge in [0.2, 0.25) is 0 Å². The molecule has 1 amide bonds. The maximum Gasteiger partial charge on any atom is 0.259 e. The Hall–Kier alpha value is -3.19. The first-order chi connectivity index (χ1) is 13.8. The number of thiazole rings is 1. The summed E-state index contributed by atoms with van der Waals surface area (Å²) in [5.74, 6) is 0.637. The van der Waals surface area contributed by atoms with Gasteiger partial charge in [-0.2, -0.15) is 0 Å². The molecule has 6 nitrogen and oxygen atoms in total. The molecule has 0 saturated carbocycles. The molecule has 0 radical (unpaired) electrons. The first-order valence-electron chi connectivity index (χ1n) is 9.32. The predicted octanol–water partition coefficient (Wildman–Crippen LogP) is 4.31. The van der Waals surface area contributed by atoms with Crippen molar-refractivity contribution in [1.29, 1.82) is 0 Å². The number of rotatable bonds is 4. The van der Waals surface area contributed by atoms with Crippen molar-refractivity contribution in [3.05, 3.63) is 65.9 Å². The van der Waals surface area contributed by atoms with Gasteiger partial charge >= 0.3 is 0 Å². The quantitative estimate of drug-likeness (QED) is 0.565. The number of imidazole rings is 1. The van der Waals surface area contributed by atoms with Crippen molar-refractivity contribution in [2.75, 3.05) is 23.3 Å². The van der Waals surface area contributed by atoms with Gasteiger partial charge in [-0.25, -0.2) is 9.97 Å². The minimum absolute atomic E-state index is 0.134. The van der Waals surface area contributed by atoms with Crippen LogP contribution in [-0.2, 0) is 0 Å². The van der Waals surface area contributed by atoms with Crippen LogP contribution in [0.4, 0.5) is 11.5 Å². The summed E-state index contributed by atoms with van der Waals surface area (Å²) < 4.78 is 2.01. The number of carbonyl (C=O) groups is 1. The second kappa shape index (κ2) is 7.09. The highest BCUT2D eigenvalue weighted by molar-refractivity contribution is 7.15. The number of nitrogens with one attached hydrogen (secondary N) is 1. The summed E-state index contributed by atoms with van der Waals surface area (Å²) in [4.78, 5) is 25.1. The largest absolute Gasteiger partial charge is 0.356 e. The highest BCUT2D eigenvalue weighted by Crippen LogP contribution is 2.25. The molecule has 1 fully saturated rings. The van der Waals surface area contributed by atoms with Gasteiger partial charge in [-0.05, 0) is 37.1 Å². The lowest BCUT2D eigenvalue weighted by molar-refractivity contribution is 0.102. The average Bonchev–Trinajstić information content (AvgIpc) is 3.46. The van der Waals surface area contributed by atoms with E-state index in [0.717, 1.165) is 53.7 Å². The zero-order valence-electron chi connectivity index (χ0n) is 15.2. The molecule has 1 saturated heterocycles. The van der Waals surface area contributed by atoms with E-state index in [9.17, 15) is 4.79 Å². The van der Waals surface area contributed by atoms with Crippen molar-refractivity contribution in [3.8, 4) is 11.3 Å². The standard InChI is InChI=1S/C21H19N5OS/c27-20(17-4-3-9-22-19(17)25-10-1-2-11-25)23-16-7-5-15(6-8-16)18-14-26-12-13-28-21(26)24-18/h3-9,12-14H,1-2,10-11H2,(H,23,27). The van der Waals surface area contributed by atoms with Crippen molar-refractivity contribution in [2.45, 2.75) is 12.8 Å². The van der Waals surface area contributed by atoms with Crippen LogP contribution in [0, 0.1) is 0 Å². The summed E-state index contributed by atoms with van der Waals surface area (Å²) in [7, 11) is 0. The zero-order chi connectivity index (χ0) is 18.9. The number of benzene rings is 1. The summed E-state index contributed by atoms with van der Waals surface area (Å²) in [6, 6.07) is 11.4. The Bertz CT molecular complexity index is 1100. The molecule has 0 atom stereocenters. The third-order valence-corrected chi connectivity index (χ3v) is 5.74. The Labute approximate surface area is 166 Å². The molecule has 0 unspecified atom stereocenters. The summed E-state index contributed by atoms with van der Waals surface area (Å²) in [6.45, 7) is 1.90. The molecule has 4 heterocycles. The highest BCUT2D eigenvalue weighted by Gasteiger charge is 2.20. The Kier molecular flexibility index (Phi) is 4.29. The lowest BCUT2D eigenvalue weighted by atomic mass is 10.1. The molecule has 1 N–H and O–H groups in total. The summed E-state index contributed by atoms with van der Waals surface area (Å²) in [5.41, 5.74) is 3.31. The van der Waals surface area contributed by atoms with Crippen LogP contribution in [-0.4, -0.2) is 33.4 Å². The topological polar surface area (TPSA) is 62.5 Å². The molecule has 4 aromatic rings. The summed E-state index contributed by atoms with van der Waals surface area (Å²) in [6.07, 6.45) is 8.04. The predicted molar refractivity (Wildman–Crippen MR) is 112 cm³/mol. The number of pyridine rings is 1. The lowest BCUT2D eigenvalue weighted by Gasteiger charge is -2.19. The Morgan fingerprint density at radius 3 is 2.71 bits per heavy atom. The SMILES string of the molecule is O=C(Nc1ccc(-c2cn3ccsc3n2)cc1)c1cccnc1N1CCCC1. The van der Waals surface area contributed by atoms with Gasteiger partial charge in [0.25, 0.3) is 5.91 Å². The van der Waals surface area contributed by atoms with Crippen molar-refractivity contribution in [2.24, 2.45) is 0 Å². The van der Waals surface area contributed by atoms with E-state index in [1.165, 1.54) is 0 Å². The third kappa shape index (κ3) is 3.14. The number of hydrogen-bond donors (Lipinski definition) is 1. The van der Waals surface area contributed by atoms with Crippen LogP contribution >= 0.6 is 11.3 Å². The van der Waals surface area contributed by atoms with E-state index < -0.39 is 0 Å². The molecule has 0 spiro atoms. The van der Waals surface area contributed by atoms with Gasteiger partial charge in [-0.15, -0.1) is 11.3 Å². The molecular formula is C21H19N5OS. The van der Waals surface area contributed by atoms with E-state index in [1.54, 1.807) is 17.5 Å². The van der Waals surface area contributed by atoms with Gasteiger partial charge in [0, 0.05) is 48.3 Å². The molecule has 1 aromatic carbocycles. The van der Waals surface area contributed by atoms with Crippen molar-refractivity contribution in [1.82, 2.24) is 14.4 Å². The van der Waals surface area contributed by atoms with Crippen LogP contribution in [0.25, 0.3) is 16.2 Å². The summed E-state index contributed by atoms with van der Waals surface area (Å²) >= 11 is 1.61. The van der Waals surface area contributed by atoms with E-state index >= 15 is 0 Å². The van der Waals surface area contributed by atoms with Crippen LogP contribution < -0.4 is 10.2 Å². The smallest absolute Gasteiger partial charge is 0.259 e. The van der Waals surface area contributed by atoms with Crippen LogP contribution in [0.2, 0.25) is 0 Å². The zero-order valence-corrected chi connectivity index (χ0v) is 16.0. The Balaban J connectivity index is 1.35. The molecule has 0 bridgehead atoms. The van der Waals surface area contributed by atoms with Crippen molar-refractivity contribution < 1.29 is 4.79 Å². The third-order valence-electron chi connectivity index (χ3n) is 4.97. The minimum atomic E-state index is -0.134. The van der Waals surface area contributed by atoms with Gasteiger partial charge in [-0.3, -0.25) is 9.20 Å². The van der Waals surface area contributed by atoms with Gasteiger partial charge in [-0.1, -0.05) is 12.1 Å². The van der Waals surface area contributed by atoms with Crippen LogP contribution in [0.15, 0.2) is 60.4 Å². The molecule has 7 heteroatoms. The van der Waals surface area contributed by atoms with E-state index in [1.807, 2.05) is 58.6 Å². The number of hydrogen-bond acceptors (Lipinski definition) is 5. The normalized spacial score (nSPS) is 13.9. The fraction of sp³-hybridized carbons (Fsp3) is 0.190. The summed E-state index contributed by atoms with van der Waals surface area (Å²) in [5, 5.41) is 5.01. The van der Waals surface area contributed by atoms with E-state index in [0.29, 0.717) is 5.56 Å². The first-order valence-corrected chi connectivity index (χ1v) is 10.2. The number of fused-ring (bicyclic) bond motifs is 1. The van der Waals surface area contributed by atoms with Gasteiger partial charge in [0.1, 0.15) is 5.82 Å². The highest BCUT2D eigenvalue weighted by atomic mass is 32.1. The average molecular weight is 389 g/mol. The van der Waals surface area contributed by atoms with E-state index in [-0.39, 0.29) is 5.91 Å². The molecule has 3 aromatic heterocycles. The maximum atomic E-state index is 12.8. The minimum Gasteiger partial charge on any atom is -0.356 e. The van der Waals surface area contributed by atoms with Crippen LogP contribution in [0.1, 0.15) is 23.2 Å². The molecule has 1 aliphatic rings. The Morgan fingerprint density at radius 2 is 1.93 bits per heavy atom. The number of nitrogens with zero attached hydrogens (tertiary/aromatic N) is 4. The molecule has 1 aliphatic heterocycles. The molecule has 140 valence electrons. The van der Waals surface area contributed by atoms with E-state index in [2.05, 4.69) is 20.2 Å². The van der Waals surface area contributed by atoms with Crippen LogP contribution in [0.5, 0.6) is 0 Å². The van der Waals surface area contributed by atoms with Gasteiger partial charge < -0.3 is 10.2 Å². The lowest BCUT2D eigenvalue weighted by Crippen LogP contribution is -2.24. The number of aromatic nitrogens is 3. The molecule has 0 aliphatic carbocycles. The first kappa shape index (κ1) is 16.9. The van der Waals surface area contributed by atoms with E-state index in [4.69, 9.17) is 0 Å². The van der Waals surface area contributed by atoms with Crippen molar-refractivity contribution >= 4 is 33.7 Å². The number of anilines is 2. The molecule has 28 heavy (non-hydrogen) atoms. The second-order valence-electron chi connectivity index (χ2n) is 6.82. The second-order valence-corrected chi connectivity index (χ2v) is 7.69. The van der Waals surface area contributed by atoms with Gasteiger partial charge in [0.15, 0.2) is 4.96 Å².